The van der Waals surface area contributed by atoms with Gasteiger partial charge in [-0.1, -0.05) is 17.4 Å². The summed E-state index contributed by atoms with van der Waals surface area (Å²) in [6.45, 7) is 3.48. The highest BCUT2D eigenvalue weighted by molar-refractivity contribution is 7.22. The third-order valence-electron chi connectivity index (χ3n) is 2.95. The Bertz CT molecular complexity index is 719. The van der Waals surface area contributed by atoms with Crippen molar-refractivity contribution in [1.82, 2.24) is 14.8 Å². The number of benzene rings is 1. The maximum atomic E-state index is 5.03. The quantitative estimate of drug-likeness (QED) is 0.783. The molecule has 1 aromatic carbocycles. The second-order valence-corrected chi connectivity index (χ2v) is 5.63. The van der Waals surface area contributed by atoms with Gasteiger partial charge in [-0.25, -0.2) is 4.98 Å². The third-order valence-corrected chi connectivity index (χ3v) is 3.90. The summed E-state index contributed by atoms with van der Waals surface area (Å²) in [5, 5.41) is 8.45. The van der Waals surface area contributed by atoms with Crippen molar-refractivity contribution in [3.8, 4) is 0 Å². The molecule has 0 aliphatic carbocycles. The molecule has 6 heteroatoms. The molecule has 2 aromatic heterocycles. The lowest BCUT2D eigenvalue weighted by Crippen LogP contribution is -2.03. The number of nitrogens with zero attached hydrogens (tertiary/aromatic N) is 3. The normalized spacial score (nSPS) is 11.1. The number of anilines is 2. The van der Waals surface area contributed by atoms with Crippen molar-refractivity contribution in [2.24, 2.45) is 0 Å². The van der Waals surface area contributed by atoms with E-state index in [1.807, 2.05) is 10.9 Å². The average molecular weight is 288 g/mol. The Kier molecular flexibility index (Phi) is 3.66. The van der Waals surface area contributed by atoms with Gasteiger partial charge in [-0.05, 0) is 24.6 Å². The summed E-state index contributed by atoms with van der Waals surface area (Å²) in [7, 11) is 1.69. The van der Waals surface area contributed by atoms with Crippen LogP contribution in [0.2, 0.25) is 0 Å². The van der Waals surface area contributed by atoms with E-state index in [9.17, 15) is 0 Å². The van der Waals surface area contributed by atoms with E-state index in [-0.39, 0.29) is 0 Å². The van der Waals surface area contributed by atoms with Gasteiger partial charge in [0, 0.05) is 13.3 Å². The number of hydrogen-bond donors (Lipinski definition) is 1. The predicted molar refractivity (Wildman–Crippen MR) is 81.7 cm³/mol. The number of nitrogens with one attached hydrogen (secondary N) is 1. The van der Waals surface area contributed by atoms with Gasteiger partial charge in [-0.15, -0.1) is 0 Å². The minimum atomic E-state index is 0.654. The molecule has 1 N–H and O–H groups in total. The summed E-state index contributed by atoms with van der Waals surface area (Å²) in [5.41, 5.74) is 3.20. The largest absolute Gasteiger partial charge is 0.383 e. The molecule has 0 atom stereocenters. The average Bonchev–Trinajstić information content (AvgIpc) is 3.02. The molecule has 0 radical (unpaired) electrons. The minimum Gasteiger partial charge on any atom is -0.383 e. The summed E-state index contributed by atoms with van der Waals surface area (Å²) in [6, 6.07) is 6.31. The summed E-state index contributed by atoms with van der Waals surface area (Å²) < 4.78 is 8.07. The van der Waals surface area contributed by atoms with Crippen molar-refractivity contribution in [3.05, 3.63) is 36.2 Å². The van der Waals surface area contributed by atoms with E-state index in [0.717, 1.165) is 22.9 Å². The van der Waals surface area contributed by atoms with E-state index >= 15 is 0 Å². The molecular weight excluding hydrogens is 272 g/mol. The zero-order valence-corrected chi connectivity index (χ0v) is 12.3. The topological polar surface area (TPSA) is 52.0 Å². The Morgan fingerprint density at radius 2 is 2.30 bits per heavy atom. The molecule has 3 rings (SSSR count). The second kappa shape index (κ2) is 5.60. The van der Waals surface area contributed by atoms with E-state index in [1.165, 1.54) is 10.3 Å². The molecular formula is C14H16N4OS. The standard InChI is InChI=1S/C14H16N4OS/c1-10-3-4-13-12(7-10)17-14(20-13)16-11-8-15-18(9-11)5-6-19-2/h3-4,7-9H,5-6H2,1-2H3,(H,16,17). The molecule has 20 heavy (non-hydrogen) atoms. The zero-order valence-electron chi connectivity index (χ0n) is 11.5. The van der Waals surface area contributed by atoms with Gasteiger partial charge in [0.05, 0.1) is 35.3 Å². The van der Waals surface area contributed by atoms with Crippen LogP contribution in [-0.2, 0) is 11.3 Å². The highest BCUT2D eigenvalue weighted by Gasteiger charge is 2.05. The van der Waals surface area contributed by atoms with Crippen LogP contribution in [0.25, 0.3) is 10.2 Å². The molecule has 0 spiro atoms. The number of hydrogen-bond acceptors (Lipinski definition) is 5. The van der Waals surface area contributed by atoms with Crippen LogP contribution >= 0.6 is 11.3 Å². The van der Waals surface area contributed by atoms with Crippen LogP contribution in [0, 0.1) is 6.92 Å². The van der Waals surface area contributed by atoms with E-state index in [1.54, 1.807) is 24.6 Å². The number of aromatic nitrogens is 3. The fourth-order valence-corrected chi connectivity index (χ4v) is 2.82. The van der Waals surface area contributed by atoms with E-state index in [4.69, 9.17) is 4.74 Å². The van der Waals surface area contributed by atoms with Crippen molar-refractivity contribution < 1.29 is 4.74 Å². The van der Waals surface area contributed by atoms with Crippen LogP contribution in [0.4, 0.5) is 10.8 Å². The van der Waals surface area contributed by atoms with E-state index in [2.05, 4.69) is 40.5 Å². The maximum absolute atomic E-state index is 5.03. The van der Waals surface area contributed by atoms with E-state index in [0.29, 0.717) is 6.61 Å². The number of thiazole rings is 1. The Balaban J connectivity index is 1.76. The number of fused-ring (bicyclic) bond motifs is 1. The molecule has 5 nitrogen and oxygen atoms in total. The molecule has 2 heterocycles. The Hall–Kier alpha value is -1.92. The van der Waals surface area contributed by atoms with Crippen LogP contribution in [0.1, 0.15) is 5.56 Å². The Morgan fingerprint density at radius 3 is 3.15 bits per heavy atom. The van der Waals surface area contributed by atoms with Crippen LogP contribution in [0.5, 0.6) is 0 Å². The molecule has 0 amide bonds. The maximum Gasteiger partial charge on any atom is 0.188 e. The van der Waals surface area contributed by atoms with Gasteiger partial charge >= 0.3 is 0 Å². The van der Waals surface area contributed by atoms with Crippen LogP contribution in [0.15, 0.2) is 30.6 Å². The third kappa shape index (κ3) is 2.81. The first kappa shape index (κ1) is 13.1. The summed E-state index contributed by atoms with van der Waals surface area (Å²) in [4.78, 5) is 4.59. The van der Waals surface area contributed by atoms with Crippen molar-refractivity contribution in [2.45, 2.75) is 13.5 Å². The van der Waals surface area contributed by atoms with Crippen molar-refractivity contribution >= 4 is 32.4 Å². The lowest BCUT2D eigenvalue weighted by atomic mass is 10.2. The molecule has 0 unspecified atom stereocenters. The van der Waals surface area contributed by atoms with Gasteiger partial charge in [0.15, 0.2) is 5.13 Å². The predicted octanol–water partition coefficient (Wildman–Crippen LogP) is 3.19. The Labute approximate surface area is 121 Å². The van der Waals surface area contributed by atoms with Gasteiger partial charge in [0.1, 0.15) is 0 Å². The first-order valence-corrected chi connectivity index (χ1v) is 7.22. The lowest BCUT2D eigenvalue weighted by molar-refractivity contribution is 0.183. The zero-order chi connectivity index (χ0) is 13.9. The summed E-state index contributed by atoms with van der Waals surface area (Å²) in [5.74, 6) is 0. The molecule has 0 aliphatic rings. The molecule has 0 aliphatic heterocycles. The van der Waals surface area contributed by atoms with Crippen LogP contribution in [0.3, 0.4) is 0 Å². The van der Waals surface area contributed by atoms with Gasteiger partial charge in [0.2, 0.25) is 0 Å². The van der Waals surface area contributed by atoms with Crippen molar-refractivity contribution in [3.63, 3.8) is 0 Å². The molecule has 104 valence electrons. The van der Waals surface area contributed by atoms with Crippen molar-refractivity contribution in [1.29, 1.82) is 0 Å². The van der Waals surface area contributed by atoms with Crippen LogP contribution < -0.4 is 5.32 Å². The molecule has 0 fully saturated rings. The highest BCUT2D eigenvalue weighted by Crippen LogP contribution is 2.28. The van der Waals surface area contributed by atoms with Gasteiger partial charge in [-0.3, -0.25) is 4.68 Å². The van der Waals surface area contributed by atoms with Gasteiger partial charge in [-0.2, -0.15) is 5.10 Å². The molecule has 0 bridgehead atoms. The van der Waals surface area contributed by atoms with Gasteiger partial charge in [0.25, 0.3) is 0 Å². The SMILES string of the molecule is COCCn1cc(Nc2nc3cc(C)ccc3s2)cn1. The smallest absolute Gasteiger partial charge is 0.188 e. The van der Waals surface area contributed by atoms with E-state index < -0.39 is 0 Å². The lowest BCUT2D eigenvalue weighted by Gasteiger charge is -1.99. The Morgan fingerprint density at radius 1 is 1.40 bits per heavy atom. The second-order valence-electron chi connectivity index (χ2n) is 4.60. The van der Waals surface area contributed by atoms with Crippen molar-refractivity contribution in [2.75, 3.05) is 19.0 Å². The minimum absolute atomic E-state index is 0.654. The number of aryl methyl sites for hydroxylation is 1. The first-order chi connectivity index (χ1) is 9.74. The number of methoxy groups -OCH3 is 1. The highest BCUT2D eigenvalue weighted by atomic mass is 32.1. The molecule has 0 saturated carbocycles. The fourth-order valence-electron chi connectivity index (χ4n) is 1.95. The molecule has 3 aromatic rings. The fraction of sp³-hybridized carbons (Fsp3) is 0.286. The van der Waals surface area contributed by atoms with Gasteiger partial charge < -0.3 is 10.1 Å². The number of ether oxygens (including phenoxy) is 1. The monoisotopic (exact) mass is 288 g/mol. The molecule has 0 saturated heterocycles. The number of rotatable bonds is 5. The summed E-state index contributed by atoms with van der Waals surface area (Å²) in [6.07, 6.45) is 3.75. The first-order valence-electron chi connectivity index (χ1n) is 6.40. The van der Waals surface area contributed by atoms with Crippen LogP contribution in [-0.4, -0.2) is 28.5 Å². The summed E-state index contributed by atoms with van der Waals surface area (Å²) >= 11 is 1.64.